The number of hydrogen-bond donors (Lipinski definition) is 4. The normalized spacial score (nSPS) is 25.4. The largest absolute Gasteiger partial charge is 0.748 e. The Morgan fingerprint density at radius 1 is 1.17 bits per heavy atom. The molecule has 2 heterocycles. The average Bonchev–Trinajstić information content (AvgIpc) is 3.44. The first-order valence-electron chi connectivity index (χ1n) is 11.4. The molecule has 0 saturated heterocycles. The fourth-order valence-corrected chi connectivity index (χ4v) is 5.06. The van der Waals surface area contributed by atoms with Crippen molar-refractivity contribution in [2.24, 2.45) is 11.3 Å². The van der Waals surface area contributed by atoms with E-state index in [2.05, 4.69) is 37.4 Å². The number of carbonyl (C=O) groups is 1. The summed E-state index contributed by atoms with van der Waals surface area (Å²) in [7, 11) is 3.27. The van der Waals surface area contributed by atoms with Crippen molar-refractivity contribution in [3.05, 3.63) is 72.3 Å². The molecule has 2 saturated carbocycles. The Labute approximate surface area is 219 Å². The first-order valence-corrected chi connectivity index (χ1v) is 11.4. The van der Waals surface area contributed by atoms with Gasteiger partial charge in [-0.1, -0.05) is 5.56 Å². The first kappa shape index (κ1) is 25.6. The Morgan fingerprint density at radius 2 is 1.83 bits per heavy atom. The summed E-state index contributed by atoms with van der Waals surface area (Å²) in [6, 6.07) is 17.1. The van der Waals surface area contributed by atoms with E-state index < -0.39 is 23.7 Å². The van der Waals surface area contributed by atoms with Gasteiger partial charge in [-0.3, -0.25) is 4.79 Å². The van der Waals surface area contributed by atoms with Gasteiger partial charge in [0.15, 0.2) is 17.3 Å². The number of fused-ring (bicyclic) bond motifs is 2. The predicted molar refractivity (Wildman–Crippen MR) is 131 cm³/mol. The summed E-state index contributed by atoms with van der Waals surface area (Å²) in [5.74, 6) is 6.38. The van der Waals surface area contributed by atoms with Gasteiger partial charge in [-0.15, -0.1) is 18.1 Å². The van der Waals surface area contributed by atoms with Crippen LogP contribution in [0.15, 0.2) is 60.9 Å². The number of aliphatic hydroxyl groups excluding tert-OH is 2. The second-order valence-electron chi connectivity index (χ2n) is 8.71. The topological polar surface area (TPSA) is 125 Å². The molecule has 6 rings (SSSR count). The van der Waals surface area contributed by atoms with Crippen LogP contribution < -0.4 is 10.6 Å². The molecule has 2 aliphatic rings. The molecule has 9 nitrogen and oxygen atoms in total. The molecule has 0 radical (unpaired) electrons. The maximum atomic E-state index is 12.4. The molecule has 0 spiro atoms. The molecule has 2 aromatic carbocycles. The molecule has 2 fully saturated rings. The molecular weight excluding hydrogens is 500 g/mol. The SMILES string of the molecule is CNC(=O)[C@@]12C[C@@H]1[C@@H](n1cnc3c(NC)nc(C#C[c-]4cccc4)nc31)[C@H](O)[C@@H]2O.[Fe].[cH-]1[cH-][cH-][cH-][cH-]1. The number of nitrogens with one attached hydrogen (secondary N) is 2. The van der Waals surface area contributed by atoms with Gasteiger partial charge in [0.1, 0.15) is 11.6 Å². The third-order valence-electron chi connectivity index (χ3n) is 6.84. The molecule has 36 heavy (non-hydrogen) atoms. The van der Waals surface area contributed by atoms with Crippen LogP contribution in [0.1, 0.15) is 23.9 Å². The van der Waals surface area contributed by atoms with E-state index in [9.17, 15) is 15.0 Å². The van der Waals surface area contributed by atoms with Gasteiger partial charge in [-0.25, -0.2) is 15.0 Å². The quantitative estimate of drug-likeness (QED) is 0.181. The smallest absolute Gasteiger partial charge is 0.229 e. The van der Waals surface area contributed by atoms with E-state index in [1.807, 2.05) is 54.6 Å². The average molecular weight is 526 g/mol. The number of amides is 1. The second kappa shape index (κ2) is 10.2. The van der Waals surface area contributed by atoms with Crippen LogP contribution in [0.5, 0.6) is 0 Å². The Kier molecular flexibility index (Phi) is 7.29. The Balaban J connectivity index is 0.000000455. The van der Waals surface area contributed by atoms with Crippen molar-refractivity contribution in [2.75, 3.05) is 19.4 Å². The molecule has 1 amide bonds. The molecule has 192 valence electrons. The molecule has 4 aromatic rings. The van der Waals surface area contributed by atoms with E-state index in [1.165, 1.54) is 7.05 Å². The zero-order chi connectivity index (χ0) is 24.6. The summed E-state index contributed by atoms with van der Waals surface area (Å²) in [6.45, 7) is 0. The molecule has 2 aromatic heterocycles. The number of aliphatic hydroxyl groups is 2. The zero-order valence-corrected chi connectivity index (χ0v) is 20.8. The molecule has 10 heteroatoms. The van der Waals surface area contributed by atoms with Crippen LogP contribution in [0, 0.1) is 23.2 Å². The van der Waals surface area contributed by atoms with Crippen LogP contribution in [-0.4, -0.2) is 61.9 Å². The number of hydrogen-bond acceptors (Lipinski definition) is 7. The molecule has 0 bridgehead atoms. The number of carbonyl (C=O) groups excluding carboxylic acids is 1. The summed E-state index contributed by atoms with van der Waals surface area (Å²) in [4.78, 5) is 25.8. The van der Waals surface area contributed by atoms with Gasteiger partial charge in [0, 0.05) is 37.1 Å². The molecule has 5 atom stereocenters. The number of rotatable bonds is 3. The van der Waals surface area contributed by atoms with Crippen molar-refractivity contribution < 1.29 is 32.1 Å². The maximum absolute atomic E-state index is 12.4. The van der Waals surface area contributed by atoms with Gasteiger partial charge < -0.3 is 55.7 Å². The van der Waals surface area contributed by atoms with Gasteiger partial charge >= 0.3 is 0 Å². The van der Waals surface area contributed by atoms with Crippen LogP contribution in [-0.2, 0) is 21.9 Å². The van der Waals surface area contributed by atoms with Gasteiger partial charge in [0.05, 0.1) is 23.9 Å². The minimum atomic E-state index is -1.15. The molecule has 0 unspecified atom stereocenters. The number of imidazole rings is 1. The van der Waals surface area contributed by atoms with Gasteiger partial charge in [0.2, 0.25) is 5.91 Å². The second-order valence-corrected chi connectivity index (χ2v) is 8.71. The van der Waals surface area contributed by atoms with Crippen LogP contribution >= 0.6 is 0 Å². The van der Waals surface area contributed by atoms with Crippen molar-refractivity contribution >= 4 is 22.9 Å². The van der Waals surface area contributed by atoms with E-state index in [1.54, 1.807) is 17.9 Å². The zero-order valence-electron chi connectivity index (χ0n) is 19.7. The fraction of sp³-hybridized carbons (Fsp3) is 0.308. The van der Waals surface area contributed by atoms with Crippen LogP contribution in [0.4, 0.5) is 5.82 Å². The minimum absolute atomic E-state index is 0. The minimum Gasteiger partial charge on any atom is -0.748 e. The third-order valence-corrected chi connectivity index (χ3v) is 6.84. The van der Waals surface area contributed by atoms with Gasteiger partial charge in [-0.2, -0.15) is 18.1 Å². The molecule has 0 aliphatic heterocycles. The van der Waals surface area contributed by atoms with E-state index in [-0.39, 0.29) is 28.9 Å². The summed E-state index contributed by atoms with van der Waals surface area (Å²) in [5.41, 5.74) is 0.934. The molecular formula is C26H26FeN6O3-6. The van der Waals surface area contributed by atoms with Crippen molar-refractivity contribution in [2.45, 2.75) is 24.7 Å². The number of anilines is 1. The molecule has 4 N–H and O–H groups in total. The fourth-order valence-electron chi connectivity index (χ4n) is 5.06. The Morgan fingerprint density at radius 3 is 2.44 bits per heavy atom. The third kappa shape index (κ3) is 4.21. The van der Waals surface area contributed by atoms with E-state index in [0.717, 1.165) is 5.56 Å². The Bertz CT molecular complexity index is 1370. The van der Waals surface area contributed by atoms with Crippen LogP contribution in [0.25, 0.3) is 11.2 Å². The maximum Gasteiger partial charge on any atom is 0.229 e. The first-order chi connectivity index (χ1) is 17.0. The van der Waals surface area contributed by atoms with E-state index in [4.69, 9.17) is 0 Å². The summed E-state index contributed by atoms with van der Waals surface area (Å²) in [5, 5.41) is 27.0. The predicted octanol–water partition coefficient (Wildman–Crippen LogP) is 1.42. The summed E-state index contributed by atoms with van der Waals surface area (Å²) < 4.78 is 1.74. The van der Waals surface area contributed by atoms with Crippen LogP contribution in [0.3, 0.4) is 0 Å². The van der Waals surface area contributed by atoms with Crippen molar-refractivity contribution in [1.82, 2.24) is 24.8 Å². The number of aromatic nitrogens is 4. The van der Waals surface area contributed by atoms with Gasteiger partial charge in [-0.05, 0) is 6.42 Å². The standard InChI is InChI=1S/C21H21N6O3.C5H5.Fe/c1-22-18-14-19(26-13(25-18)8-7-11-5-3-4-6-11)27(10-24-14)15-12-9-21(12,20(30)23-2)17(29)16(15)28;1-2-4-5-3-1;/h3-6,10,12,15-17,28-29H,9H2,1-2H3,(H,23,30)(H,22,25,26);1-5H;/q-1;-5;/t12-,15-,16+,17+,21+;;/m1../s1. The van der Waals surface area contributed by atoms with E-state index in [0.29, 0.717) is 29.2 Å². The van der Waals surface area contributed by atoms with Crippen molar-refractivity contribution in [3.8, 4) is 11.8 Å². The summed E-state index contributed by atoms with van der Waals surface area (Å²) >= 11 is 0. The molecule has 2 aliphatic carbocycles. The van der Waals surface area contributed by atoms with Crippen LogP contribution in [0.2, 0.25) is 0 Å². The monoisotopic (exact) mass is 526 g/mol. The van der Waals surface area contributed by atoms with E-state index >= 15 is 0 Å². The Hall–Kier alpha value is -3.48. The van der Waals surface area contributed by atoms with Crippen molar-refractivity contribution in [3.63, 3.8) is 0 Å². The summed E-state index contributed by atoms with van der Waals surface area (Å²) in [6.07, 6.45) is -0.173. The number of nitrogens with zero attached hydrogens (tertiary/aromatic N) is 4. The van der Waals surface area contributed by atoms with Gasteiger partial charge in [0.25, 0.3) is 0 Å². The van der Waals surface area contributed by atoms with Crippen molar-refractivity contribution in [1.29, 1.82) is 0 Å².